The van der Waals surface area contributed by atoms with Crippen LogP contribution in [0.3, 0.4) is 0 Å². The fraction of sp³-hybridized carbons (Fsp3) is 0.167. The summed E-state index contributed by atoms with van der Waals surface area (Å²) in [6.45, 7) is 0. The summed E-state index contributed by atoms with van der Waals surface area (Å²) < 4.78 is 4.96. The summed E-state index contributed by atoms with van der Waals surface area (Å²) in [6, 6.07) is 4.48. The number of aliphatic carboxylic acids is 1. The van der Waals surface area contributed by atoms with Crippen LogP contribution < -0.4 is 4.74 Å². The van der Waals surface area contributed by atoms with Gasteiger partial charge in [-0.2, -0.15) is 0 Å². The van der Waals surface area contributed by atoms with Crippen LogP contribution in [0.15, 0.2) is 24.3 Å². The Kier molecular flexibility index (Phi) is 4.28. The van der Waals surface area contributed by atoms with Gasteiger partial charge in [0.2, 0.25) is 0 Å². The zero-order valence-electron chi connectivity index (χ0n) is 9.21. The van der Waals surface area contributed by atoms with Gasteiger partial charge in [0.1, 0.15) is 5.75 Å². The first-order valence-corrected chi connectivity index (χ1v) is 4.83. The van der Waals surface area contributed by atoms with Crippen LogP contribution in [-0.4, -0.2) is 29.3 Å². The normalized spacial score (nSPS) is 10.4. The predicted octanol–water partition coefficient (Wildman–Crippen LogP) is 1.88. The van der Waals surface area contributed by atoms with Gasteiger partial charge in [-0.05, 0) is 23.8 Å². The van der Waals surface area contributed by atoms with Crippen molar-refractivity contribution in [3.63, 3.8) is 0 Å². The number of ether oxygens (including phenoxy) is 1. The fourth-order valence-electron chi connectivity index (χ4n) is 1.26. The molecule has 0 radical (unpaired) electrons. The zero-order valence-corrected chi connectivity index (χ0v) is 9.21. The van der Waals surface area contributed by atoms with Crippen molar-refractivity contribution in [1.82, 2.24) is 0 Å². The summed E-state index contributed by atoms with van der Waals surface area (Å²) in [5.41, 5.74) is 0.683. The van der Waals surface area contributed by atoms with Crippen molar-refractivity contribution in [2.24, 2.45) is 0 Å². The molecule has 0 aliphatic heterocycles. The molecule has 0 spiro atoms. The third kappa shape index (κ3) is 3.98. The van der Waals surface area contributed by atoms with Gasteiger partial charge in [-0.3, -0.25) is 4.79 Å². The van der Waals surface area contributed by atoms with Gasteiger partial charge in [0.25, 0.3) is 0 Å². The molecule has 0 unspecified atom stereocenters. The zero-order chi connectivity index (χ0) is 12.8. The lowest BCUT2D eigenvalue weighted by atomic mass is 10.1. The van der Waals surface area contributed by atoms with Crippen LogP contribution in [0.4, 0.5) is 0 Å². The molecule has 0 bridgehead atoms. The largest absolute Gasteiger partial charge is 0.497 e. The molecule has 17 heavy (non-hydrogen) atoms. The number of methoxy groups -OCH3 is 1. The Morgan fingerprint density at radius 1 is 1.29 bits per heavy atom. The van der Waals surface area contributed by atoms with E-state index in [0.717, 1.165) is 0 Å². The first-order chi connectivity index (χ1) is 8.02. The summed E-state index contributed by atoms with van der Waals surface area (Å²) in [5.74, 6) is -1.58. The Morgan fingerprint density at radius 2 is 2.00 bits per heavy atom. The number of hydrogen-bond acceptors (Lipinski definition) is 3. The smallest absolute Gasteiger partial charge is 0.335 e. The molecule has 0 atom stereocenters. The van der Waals surface area contributed by atoms with E-state index in [0.29, 0.717) is 11.3 Å². The second kappa shape index (κ2) is 5.69. The molecule has 5 nitrogen and oxygen atoms in total. The number of rotatable bonds is 5. The van der Waals surface area contributed by atoms with Crippen molar-refractivity contribution in [1.29, 1.82) is 0 Å². The Bertz CT molecular complexity index is 462. The van der Waals surface area contributed by atoms with Crippen molar-refractivity contribution >= 4 is 18.0 Å². The average Bonchev–Trinajstić information content (AvgIpc) is 2.28. The molecule has 0 heterocycles. The Morgan fingerprint density at radius 3 is 2.53 bits per heavy atom. The van der Waals surface area contributed by atoms with E-state index in [1.54, 1.807) is 12.1 Å². The maximum absolute atomic E-state index is 10.8. The van der Waals surface area contributed by atoms with Gasteiger partial charge < -0.3 is 14.9 Å². The number of benzene rings is 1. The number of carboxylic acids is 2. The highest BCUT2D eigenvalue weighted by atomic mass is 16.5. The molecule has 90 valence electrons. The van der Waals surface area contributed by atoms with Crippen LogP contribution in [0.1, 0.15) is 22.3 Å². The van der Waals surface area contributed by atoms with E-state index in [1.165, 1.54) is 25.3 Å². The minimum absolute atomic E-state index is 0.0966. The second-order valence-electron chi connectivity index (χ2n) is 3.30. The summed E-state index contributed by atoms with van der Waals surface area (Å²) in [4.78, 5) is 21.1. The molecular formula is C12H12O5. The molecule has 0 amide bonds. The van der Waals surface area contributed by atoms with Crippen molar-refractivity contribution < 1.29 is 24.5 Å². The lowest BCUT2D eigenvalue weighted by Gasteiger charge is -2.03. The lowest BCUT2D eigenvalue weighted by Crippen LogP contribution is -1.97. The summed E-state index contributed by atoms with van der Waals surface area (Å²) in [6.07, 6.45) is 2.88. The monoisotopic (exact) mass is 236 g/mol. The molecule has 5 heteroatoms. The van der Waals surface area contributed by atoms with Crippen LogP contribution >= 0.6 is 0 Å². The molecule has 0 fully saturated rings. The van der Waals surface area contributed by atoms with Gasteiger partial charge in [-0.1, -0.05) is 12.2 Å². The van der Waals surface area contributed by atoms with Crippen LogP contribution in [0, 0.1) is 0 Å². The van der Waals surface area contributed by atoms with E-state index in [2.05, 4.69) is 0 Å². The average molecular weight is 236 g/mol. The van der Waals surface area contributed by atoms with Gasteiger partial charge in [-0.25, -0.2) is 4.79 Å². The first kappa shape index (κ1) is 12.8. The van der Waals surface area contributed by atoms with Crippen molar-refractivity contribution in [3.8, 4) is 5.75 Å². The van der Waals surface area contributed by atoms with Gasteiger partial charge in [0.15, 0.2) is 0 Å². The molecule has 1 rings (SSSR count). The highest BCUT2D eigenvalue weighted by Crippen LogP contribution is 2.18. The van der Waals surface area contributed by atoms with E-state index in [4.69, 9.17) is 14.9 Å². The highest BCUT2D eigenvalue weighted by Gasteiger charge is 2.06. The summed E-state index contributed by atoms with van der Waals surface area (Å²) in [5, 5.41) is 17.3. The van der Waals surface area contributed by atoms with Gasteiger partial charge in [-0.15, -0.1) is 0 Å². The van der Waals surface area contributed by atoms with Crippen molar-refractivity contribution in [2.45, 2.75) is 6.42 Å². The molecule has 2 N–H and O–H groups in total. The maximum atomic E-state index is 10.8. The van der Waals surface area contributed by atoms with Crippen molar-refractivity contribution in [3.05, 3.63) is 35.4 Å². The molecule has 0 saturated heterocycles. The molecule has 0 aromatic heterocycles. The van der Waals surface area contributed by atoms with E-state index >= 15 is 0 Å². The second-order valence-corrected chi connectivity index (χ2v) is 3.30. The number of aromatic carboxylic acids is 1. The lowest BCUT2D eigenvalue weighted by molar-refractivity contribution is -0.135. The molecule has 0 aliphatic carbocycles. The summed E-state index contributed by atoms with van der Waals surface area (Å²) >= 11 is 0. The highest BCUT2D eigenvalue weighted by molar-refractivity contribution is 5.89. The maximum Gasteiger partial charge on any atom is 0.335 e. The molecule has 1 aromatic carbocycles. The molecule has 0 aliphatic rings. The van der Waals surface area contributed by atoms with Crippen molar-refractivity contribution in [2.75, 3.05) is 7.11 Å². The SMILES string of the molecule is COc1cc(C=CCC(=O)O)cc(C(=O)O)c1. The third-order valence-corrected chi connectivity index (χ3v) is 2.01. The predicted molar refractivity (Wildman–Crippen MR) is 61.2 cm³/mol. The van der Waals surface area contributed by atoms with Gasteiger partial charge >= 0.3 is 11.9 Å². The van der Waals surface area contributed by atoms with Crippen LogP contribution in [0.2, 0.25) is 0 Å². The minimum atomic E-state index is -1.06. The van der Waals surface area contributed by atoms with E-state index in [-0.39, 0.29) is 12.0 Å². The van der Waals surface area contributed by atoms with Gasteiger partial charge in [0, 0.05) is 0 Å². The number of hydrogen-bond donors (Lipinski definition) is 2. The van der Waals surface area contributed by atoms with E-state index in [9.17, 15) is 9.59 Å². The van der Waals surface area contributed by atoms with Crippen LogP contribution in [0.5, 0.6) is 5.75 Å². The Hall–Kier alpha value is -2.30. The van der Waals surface area contributed by atoms with E-state index < -0.39 is 11.9 Å². The van der Waals surface area contributed by atoms with E-state index in [1.807, 2.05) is 0 Å². The van der Waals surface area contributed by atoms with Crippen LogP contribution in [0.25, 0.3) is 6.08 Å². The molecular weight excluding hydrogens is 224 g/mol. The molecule has 1 aromatic rings. The summed E-state index contributed by atoms with van der Waals surface area (Å²) in [7, 11) is 1.44. The van der Waals surface area contributed by atoms with Crippen LogP contribution in [-0.2, 0) is 4.79 Å². The topological polar surface area (TPSA) is 83.8 Å². The molecule has 0 saturated carbocycles. The third-order valence-electron chi connectivity index (χ3n) is 2.01. The van der Waals surface area contributed by atoms with Gasteiger partial charge in [0.05, 0.1) is 19.1 Å². The minimum Gasteiger partial charge on any atom is -0.497 e. The number of carbonyl (C=O) groups is 2. The standard InChI is InChI=1S/C12H12O5/c1-17-10-6-8(3-2-4-11(13)14)5-9(7-10)12(15)16/h2-3,5-7H,4H2,1H3,(H,13,14)(H,15,16). The first-order valence-electron chi connectivity index (χ1n) is 4.83. The Balaban J connectivity index is 2.98. The quantitative estimate of drug-likeness (QED) is 0.815. The number of carboxylic acid groups (broad SMARTS) is 2. The Labute approximate surface area is 98.0 Å². The fourth-order valence-corrected chi connectivity index (χ4v) is 1.26.